The van der Waals surface area contributed by atoms with Crippen molar-refractivity contribution in [2.45, 2.75) is 39.4 Å². The fourth-order valence-electron chi connectivity index (χ4n) is 2.70. The highest BCUT2D eigenvalue weighted by Gasteiger charge is 2.39. The molecule has 0 radical (unpaired) electrons. The molecule has 1 saturated heterocycles. The number of likely N-dealkylation sites (tertiary alicyclic amines) is 1. The second kappa shape index (κ2) is 5.98. The van der Waals surface area contributed by atoms with Gasteiger partial charge < -0.3 is 5.11 Å². The van der Waals surface area contributed by atoms with Crippen molar-refractivity contribution in [3.05, 3.63) is 29.1 Å². The first-order valence-corrected chi connectivity index (χ1v) is 7.07. The van der Waals surface area contributed by atoms with Crippen LogP contribution in [-0.4, -0.2) is 29.3 Å². The minimum atomic E-state index is -1.10. The van der Waals surface area contributed by atoms with Gasteiger partial charge in [-0.2, -0.15) is 5.26 Å². The van der Waals surface area contributed by atoms with Gasteiger partial charge in [0.25, 0.3) is 0 Å². The summed E-state index contributed by atoms with van der Waals surface area (Å²) in [4.78, 5) is 1.83. The molecule has 0 saturated carbocycles. The lowest BCUT2D eigenvalue weighted by atomic mass is 9.76. The Labute approximate surface area is 123 Å². The van der Waals surface area contributed by atoms with E-state index in [0.29, 0.717) is 24.1 Å². The molecule has 5 heteroatoms. The summed E-state index contributed by atoms with van der Waals surface area (Å²) in [5.41, 5.74) is 0.244. The molecule has 0 bridgehead atoms. The normalized spacial score (nSPS) is 26.5. The number of halogens is 2. The Morgan fingerprint density at radius 1 is 1.52 bits per heavy atom. The largest absolute Gasteiger partial charge is 0.508 e. The second-order valence-corrected chi connectivity index (χ2v) is 6.17. The molecule has 114 valence electrons. The number of aromatic hydroxyl groups is 1. The Morgan fingerprint density at radius 3 is 2.86 bits per heavy atom. The van der Waals surface area contributed by atoms with Crippen molar-refractivity contribution < 1.29 is 13.9 Å². The van der Waals surface area contributed by atoms with E-state index in [9.17, 15) is 13.9 Å². The van der Waals surface area contributed by atoms with Gasteiger partial charge in [-0.3, -0.25) is 4.90 Å². The zero-order chi connectivity index (χ0) is 15.6. The molecule has 2 atom stereocenters. The molecular formula is C16H20F2N2O. The predicted molar refractivity (Wildman–Crippen MR) is 75.9 cm³/mol. The van der Waals surface area contributed by atoms with Crippen LogP contribution in [0.4, 0.5) is 8.78 Å². The van der Waals surface area contributed by atoms with Gasteiger partial charge in [0.2, 0.25) is 0 Å². The maximum atomic E-state index is 14.3. The van der Waals surface area contributed by atoms with E-state index in [2.05, 4.69) is 0 Å². The number of hydrogen-bond donors (Lipinski definition) is 1. The van der Waals surface area contributed by atoms with Crippen molar-refractivity contribution in [1.29, 1.82) is 5.26 Å². The molecule has 1 heterocycles. The average Bonchev–Trinajstić information content (AvgIpc) is 2.41. The van der Waals surface area contributed by atoms with Crippen molar-refractivity contribution in [3.8, 4) is 11.8 Å². The van der Waals surface area contributed by atoms with E-state index in [4.69, 9.17) is 5.26 Å². The molecule has 1 N–H and O–H groups in total. The molecule has 1 aliphatic heterocycles. The third kappa shape index (κ3) is 3.33. The third-order valence-corrected chi connectivity index (χ3v) is 4.42. The van der Waals surface area contributed by atoms with Crippen molar-refractivity contribution in [3.63, 3.8) is 0 Å². The lowest BCUT2D eigenvalue weighted by Crippen LogP contribution is -2.47. The number of aryl methyl sites for hydroxylation is 1. The molecular weight excluding hydrogens is 274 g/mol. The third-order valence-electron chi connectivity index (χ3n) is 4.42. The number of alkyl halides is 1. The van der Waals surface area contributed by atoms with Crippen molar-refractivity contribution in [2.75, 3.05) is 13.1 Å². The molecule has 3 nitrogen and oxygen atoms in total. The summed E-state index contributed by atoms with van der Waals surface area (Å²) in [5.74, 6) is -0.333. The van der Waals surface area contributed by atoms with Gasteiger partial charge in [-0.25, -0.2) is 8.78 Å². The van der Waals surface area contributed by atoms with Gasteiger partial charge in [0.15, 0.2) is 0 Å². The Bertz CT molecular complexity index is 570. The molecule has 0 spiro atoms. The van der Waals surface area contributed by atoms with Crippen molar-refractivity contribution >= 4 is 0 Å². The Morgan fingerprint density at radius 2 is 2.24 bits per heavy atom. The number of phenols is 1. The van der Waals surface area contributed by atoms with E-state index in [1.54, 1.807) is 13.8 Å². The summed E-state index contributed by atoms with van der Waals surface area (Å²) in [6.45, 7) is 4.49. The van der Waals surface area contributed by atoms with Gasteiger partial charge in [-0.05, 0) is 37.6 Å². The van der Waals surface area contributed by atoms with Crippen molar-refractivity contribution in [2.24, 2.45) is 5.41 Å². The van der Waals surface area contributed by atoms with Crippen LogP contribution < -0.4 is 0 Å². The molecule has 0 aromatic heterocycles. The number of phenolic OH excluding ortho intramolecular Hbond substituents is 1. The molecule has 1 aromatic carbocycles. The van der Waals surface area contributed by atoms with Crippen LogP contribution in [0.2, 0.25) is 0 Å². The highest BCUT2D eigenvalue weighted by molar-refractivity contribution is 5.36. The van der Waals surface area contributed by atoms with Gasteiger partial charge >= 0.3 is 0 Å². The topological polar surface area (TPSA) is 47.3 Å². The highest BCUT2D eigenvalue weighted by Crippen LogP contribution is 2.37. The summed E-state index contributed by atoms with van der Waals surface area (Å²) in [6, 6.07) is 4.74. The van der Waals surface area contributed by atoms with Crippen molar-refractivity contribution in [1.82, 2.24) is 4.90 Å². The maximum absolute atomic E-state index is 14.3. The lowest BCUT2D eigenvalue weighted by Gasteiger charge is -2.41. The van der Waals surface area contributed by atoms with Gasteiger partial charge in [0.1, 0.15) is 17.7 Å². The summed E-state index contributed by atoms with van der Waals surface area (Å²) in [6.07, 6.45) is -0.337. The van der Waals surface area contributed by atoms with E-state index >= 15 is 0 Å². The van der Waals surface area contributed by atoms with Gasteiger partial charge in [0.05, 0.1) is 6.07 Å². The summed E-state index contributed by atoms with van der Waals surface area (Å²) in [5, 5.41) is 18.5. The fourth-order valence-corrected chi connectivity index (χ4v) is 2.70. The Balaban J connectivity index is 2.07. The van der Waals surface area contributed by atoms with Crippen LogP contribution in [0.1, 0.15) is 30.9 Å². The highest BCUT2D eigenvalue weighted by atomic mass is 19.1. The van der Waals surface area contributed by atoms with Crippen LogP contribution >= 0.6 is 0 Å². The zero-order valence-electron chi connectivity index (χ0n) is 12.4. The molecule has 0 aliphatic carbocycles. The van der Waals surface area contributed by atoms with Crippen LogP contribution in [0.3, 0.4) is 0 Å². The standard InChI is InChI=1S/C16H20F2N2O/c1-11-7-13(17)12(8-14(11)21)9-20-6-4-16(2,3-5-19)15(18)10-20/h7-8,15,21H,3-4,6,9-10H2,1-2H3. The number of hydrogen-bond acceptors (Lipinski definition) is 3. The van der Waals surface area contributed by atoms with Gasteiger partial charge in [-0.1, -0.05) is 6.92 Å². The Kier molecular flexibility index (Phi) is 4.48. The Hall–Kier alpha value is -1.67. The van der Waals surface area contributed by atoms with E-state index in [-0.39, 0.29) is 31.1 Å². The van der Waals surface area contributed by atoms with Crippen LogP contribution in [-0.2, 0) is 6.54 Å². The summed E-state index contributed by atoms with van der Waals surface area (Å²) >= 11 is 0. The van der Waals surface area contributed by atoms with Gasteiger partial charge in [0, 0.05) is 30.5 Å². The van der Waals surface area contributed by atoms with E-state index in [1.165, 1.54) is 12.1 Å². The van der Waals surface area contributed by atoms with E-state index in [0.717, 1.165) is 0 Å². The molecule has 1 aliphatic rings. The summed E-state index contributed by atoms with van der Waals surface area (Å²) in [7, 11) is 0. The number of nitrogens with zero attached hydrogens (tertiary/aromatic N) is 2. The van der Waals surface area contributed by atoms with E-state index in [1.807, 2.05) is 11.0 Å². The first-order valence-electron chi connectivity index (χ1n) is 7.07. The number of rotatable bonds is 3. The first kappa shape index (κ1) is 15.7. The van der Waals surface area contributed by atoms with Crippen LogP contribution in [0, 0.1) is 29.5 Å². The van der Waals surface area contributed by atoms with Gasteiger partial charge in [-0.15, -0.1) is 0 Å². The monoisotopic (exact) mass is 294 g/mol. The quantitative estimate of drug-likeness (QED) is 0.930. The lowest BCUT2D eigenvalue weighted by molar-refractivity contribution is 0.0182. The SMILES string of the molecule is Cc1cc(F)c(CN2CCC(C)(CC#N)C(F)C2)cc1O. The van der Waals surface area contributed by atoms with E-state index < -0.39 is 11.6 Å². The molecule has 1 fully saturated rings. The zero-order valence-corrected chi connectivity index (χ0v) is 12.4. The molecule has 2 rings (SSSR count). The van der Waals surface area contributed by atoms with Crippen LogP contribution in [0.5, 0.6) is 5.75 Å². The molecule has 21 heavy (non-hydrogen) atoms. The average molecular weight is 294 g/mol. The predicted octanol–water partition coefficient (Wildman–Crippen LogP) is 3.30. The fraction of sp³-hybridized carbons (Fsp3) is 0.562. The molecule has 2 unspecified atom stereocenters. The number of nitriles is 1. The van der Waals surface area contributed by atoms with Crippen LogP contribution in [0.25, 0.3) is 0 Å². The van der Waals surface area contributed by atoms with Crippen LogP contribution in [0.15, 0.2) is 12.1 Å². The molecule has 0 amide bonds. The maximum Gasteiger partial charge on any atom is 0.128 e. The minimum absolute atomic E-state index is 0.0505. The second-order valence-electron chi connectivity index (χ2n) is 6.17. The number of piperidine rings is 1. The first-order chi connectivity index (χ1) is 9.85. The summed E-state index contributed by atoms with van der Waals surface area (Å²) < 4.78 is 28.2. The smallest absolute Gasteiger partial charge is 0.128 e. The molecule has 1 aromatic rings. The minimum Gasteiger partial charge on any atom is -0.508 e. The number of benzene rings is 1.